The number of carbonyl (C=O) groups excluding carboxylic acids is 1. The average molecular weight is 483 g/mol. The molecule has 1 fully saturated rings. The van der Waals surface area contributed by atoms with Crippen molar-refractivity contribution in [1.29, 1.82) is 0 Å². The van der Waals surface area contributed by atoms with Crippen LogP contribution in [0.25, 0.3) is 11.1 Å². The highest BCUT2D eigenvalue weighted by Gasteiger charge is 2.25. The molecule has 1 aliphatic rings. The molecular weight excluding hydrogens is 455 g/mol. The van der Waals surface area contributed by atoms with Crippen molar-refractivity contribution < 1.29 is 28.2 Å². The van der Waals surface area contributed by atoms with E-state index in [2.05, 4.69) is 15.0 Å². The molecule has 184 valence electrons. The number of piperidine rings is 1. The second kappa shape index (κ2) is 11.1. The average Bonchev–Trinajstić information content (AvgIpc) is 2.84. The summed E-state index contributed by atoms with van der Waals surface area (Å²) in [5.41, 5.74) is 2.06. The summed E-state index contributed by atoms with van der Waals surface area (Å²) in [7, 11) is 0. The minimum absolute atomic E-state index is 0.0455. The molecule has 0 spiro atoms. The molecular formula is C25H27FN4O5. The van der Waals surface area contributed by atoms with Gasteiger partial charge in [0.15, 0.2) is 11.6 Å². The van der Waals surface area contributed by atoms with Crippen molar-refractivity contribution in [2.45, 2.75) is 45.8 Å². The van der Waals surface area contributed by atoms with Crippen LogP contribution in [0, 0.1) is 12.7 Å². The number of pyridine rings is 1. The topological polar surface area (TPSA) is 95.9 Å². The molecule has 0 radical (unpaired) electrons. The Kier molecular flexibility index (Phi) is 7.71. The van der Waals surface area contributed by atoms with Crippen molar-refractivity contribution in [2.24, 2.45) is 0 Å². The summed E-state index contributed by atoms with van der Waals surface area (Å²) in [5, 5.41) is 1.56. The Morgan fingerprint density at radius 1 is 1.11 bits per heavy atom. The second-order valence-corrected chi connectivity index (χ2v) is 8.35. The SMILES string of the molecule is Cc1c(Oc2ccc(-c3cccnc3)cc2F)ncnc1OC1CCN(OC(=O)OC(C)C)CC1. The van der Waals surface area contributed by atoms with Crippen molar-refractivity contribution in [2.75, 3.05) is 13.1 Å². The van der Waals surface area contributed by atoms with E-state index in [1.807, 2.05) is 6.07 Å². The monoisotopic (exact) mass is 482 g/mol. The summed E-state index contributed by atoms with van der Waals surface area (Å²) in [6.45, 7) is 6.27. The molecule has 3 aromatic rings. The molecule has 0 amide bonds. The van der Waals surface area contributed by atoms with Crippen molar-refractivity contribution >= 4 is 6.16 Å². The van der Waals surface area contributed by atoms with Crippen molar-refractivity contribution in [3.8, 4) is 28.6 Å². The number of hydrogen-bond acceptors (Lipinski definition) is 9. The van der Waals surface area contributed by atoms with E-state index < -0.39 is 12.0 Å². The lowest BCUT2D eigenvalue weighted by atomic mass is 10.1. The van der Waals surface area contributed by atoms with Crippen LogP contribution >= 0.6 is 0 Å². The number of hydrogen-bond donors (Lipinski definition) is 0. The van der Waals surface area contributed by atoms with Crippen LogP contribution in [0.5, 0.6) is 17.5 Å². The van der Waals surface area contributed by atoms with Gasteiger partial charge in [-0.1, -0.05) is 12.1 Å². The molecule has 0 unspecified atom stereocenters. The highest BCUT2D eigenvalue weighted by molar-refractivity contribution is 5.63. The van der Waals surface area contributed by atoms with E-state index in [-0.39, 0.29) is 23.8 Å². The minimum Gasteiger partial charge on any atom is -0.474 e. The molecule has 4 rings (SSSR count). The summed E-state index contributed by atoms with van der Waals surface area (Å²) in [4.78, 5) is 29.3. The second-order valence-electron chi connectivity index (χ2n) is 8.35. The number of rotatable bonds is 7. The number of carbonyl (C=O) groups is 1. The zero-order chi connectivity index (χ0) is 24.8. The lowest BCUT2D eigenvalue weighted by Gasteiger charge is -2.30. The first-order chi connectivity index (χ1) is 16.9. The van der Waals surface area contributed by atoms with E-state index >= 15 is 0 Å². The maximum atomic E-state index is 14.8. The van der Waals surface area contributed by atoms with Gasteiger partial charge in [-0.3, -0.25) is 4.98 Å². The predicted molar refractivity (Wildman–Crippen MR) is 124 cm³/mol. The van der Waals surface area contributed by atoms with Gasteiger partial charge in [0.2, 0.25) is 11.8 Å². The summed E-state index contributed by atoms with van der Waals surface area (Å²) < 4.78 is 31.6. The van der Waals surface area contributed by atoms with Gasteiger partial charge in [0.05, 0.1) is 11.7 Å². The Labute approximate surface area is 202 Å². The van der Waals surface area contributed by atoms with Gasteiger partial charge in [-0.05, 0) is 44.5 Å². The predicted octanol–water partition coefficient (Wildman–Crippen LogP) is 5.10. The minimum atomic E-state index is -0.714. The van der Waals surface area contributed by atoms with E-state index in [0.717, 1.165) is 5.56 Å². The third-order valence-electron chi connectivity index (χ3n) is 5.34. The Morgan fingerprint density at radius 3 is 2.57 bits per heavy atom. The molecule has 9 nitrogen and oxygen atoms in total. The van der Waals surface area contributed by atoms with Gasteiger partial charge in [-0.2, -0.15) is 0 Å². The normalized spacial score (nSPS) is 14.5. The molecule has 1 saturated heterocycles. The first-order valence-electron chi connectivity index (χ1n) is 11.4. The van der Waals surface area contributed by atoms with Gasteiger partial charge in [0.1, 0.15) is 12.4 Å². The van der Waals surface area contributed by atoms with Crippen LogP contribution in [-0.2, 0) is 9.57 Å². The molecule has 0 saturated carbocycles. The van der Waals surface area contributed by atoms with Crippen molar-refractivity contribution in [3.63, 3.8) is 0 Å². The molecule has 1 aromatic carbocycles. The van der Waals surface area contributed by atoms with Gasteiger partial charge in [-0.25, -0.2) is 19.2 Å². The van der Waals surface area contributed by atoms with Crippen LogP contribution in [0.3, 0.4) is 0 Å². The summed E-state index contributed by atoms with van der Waals surface area (Å²) in [6, 6.07) is 8.36. The van der Waals surface area contributed by atoms with E-state index in [1.165, 1.54) is 12.4 Å². The van der Waals surface area contributed by atoms with Crippen LogP contribution in [0.15, 0.2) is 49.1 Å². The molecule has 10 heteroatoms. The summed E-state index contributed by atoms with van der Waals surface area (Å²) >= 11 is 0. The number of halogens is 1. The molecule has 3 heterocycles. The fraction of sp³-hybridized carbons (Fsp3) is 0.360. The standard InChI is InChI=1S/C25H27FN4O5/c1-16(2)32-25(31)35-30-11-8-20(9-12-30)33-23-17(3)24(29-15-28-23)34-22-7-6-18(13-21(22)26)19-5-4-10-27-14-19/h4-7,10,13-16,20H,8-9,11-12H2,1-3H3. The Morgan fingerprint density at radius 2 is 1.89 bits per heavy atom. The molecule has 0 atom stereocenters. The maximum Gasteiger partial charge on any atom is 0.528 e. The number of benzene rings is 1. The Hall–Kier alpha value is -3.79. The van der Waals surface area contributed by atoms with Crippen molar-refractivity contribution in [3.05, 3.63) is 60.4 Å². The lowest BCUT2D eigenvalue weighted by Crippen LogP contribution is -2.40. The first kappa shape index (κ1) is 24.3. The van der Waals surface area contributed by atoms with Crippen molar-refractivity contribution in [1.82, 2.24) is 20.0 Å². The zero-order valence-electron chi connectivity index (χ0n) is 19.8. The number of hydroxylamine groups is 2. The van der Waals surface area contributed by atoms with Gasteiger partial charge in [0.25, 0.3) is 0 Å². The van der Waals surface area contributed by atoms with Crippen LogP contribution in [0.4, 0.5) is 9.18 Å². The summed E-state index contributed by atoms with van der Waals surface area (Å²) in [5.74, 6) is 0.0977. The van der Waals surface area contributed by atoms with E-state index in [1.54, 1.807) is 56.4 Å². The number of aromatic nitrogens is 3. The zero-order valence-corrected chi connectivity index (χ0v) is 19.8. The van der Waals surface area contributed by atoms with E-state index in [9.17, 15) is 9.18 Å². The highest BCUT2D eigenvalue weighted by atomic mass is 19.1. The van der Waals surface area contributed by atoms with Crippen LogP contribution in [0.1, 0.15) is 32.3 Å². The van der Waals surface area contributed by atoms with E-state index in [0.29, 0.717) is 42.9 Å². The number of ether oxygens (including phenoxy) is 3. The van der Waals surface area contributed by atoms with Crippen LogP contribution < -0.4 is 9.47 Å². The largest absolute Gasteiger partial charge is 0.528 e. The maximum absolute atomic E-state index is 14.8. The summed E-state index contributed by atoms with van der Waals surface area (Å²) in [6.07, 6.45) is 4.81. The van der Waals surface area contributed by atoms with Crippen LogP contribution in [-0.4, -0.2) is 51.5 Å². The van der Waals surface area contributed by atoms with Gasteiger partial charge in [0, 0.05) is 43.9 Å². The molecule has 0 bridgehead atoms. The van der Waals surface area contributed by atoms with Gasteiger partial charge >= 0.3 is 6.16 Å². The first-order valence-corrected chi connectivity index (χ1v) is 11.4. The van der Waals surface area contributed by atoms with Gasteiger partial charge in [-0.15, -0.1) is 5.06 Å². The fourth-order valence-electron chi connectivity index (χ4n) is 3.56. The molecule has 35 heavy (non-hydrogen) atoms. The molecule has 0 N–H and O–H groups in total. The molecule has 1 aliphatic heterocycles. The Balaban J connectivity index is 1.37. The number of nitrogens with zero attached hydrogens (tertiary/aromatic N) is 4. The van der Waals surface area contributed by atoms with Gasteiger partial charge < -0.3 is 19.0 Å². The third-order valence-corrected chi connectivity index (χ3v) is 5.34. The molecule has 2 aromatic heterocycles. The van der Waals surface area contributed by atoms with Crippen LogP contribution in [0.2, 0.25) is 0 Å². The Bertz CT molecular complexity index is 1150. The van der Waals surface area contributed by atoms with E-state index in [4.69, 9.17) is 19.0 Å². The smallest absolute Gasteiger partial charge is 0.474 e. The molecule has 0 aliphatic carbocycles. The highest BCUT2D eigenvalue weighted by Crippen LogP contribution is 2.32. The fourth-order valence-corrected chi connectivity index (χ4v) is 3.56. The lowest BCUT2D eigenvalue weighted by molar-refractivity contribution is -0.151. The quantitative estimate of drug-likeness (QED) is 0.426. The third kappa shape index (κ3) is 6.42.